The van der Waals surface area contributed by atoms with Gasteiger partial charge in [-0.3, -0.25) is 9.78 Å². The van der Waals surface area contributed by atoms with Crippen molar-refractivity contribution in [1.29, 1.82) is 0 Å². The molecule has 2 aliphatic heterocycles. The van der Waals surface area contributed by atoms with Crippen LogP contribution in [0.5, 0.6) is 0 Å². The summed E-state index contributed by atoms with van der Waals surface area (Å²) in [5.74, 6) is 1.73. The predicted octanol–water partition coefficient (Wildman–Crippen LogP) is 3.91. The van der Waals surface area contributed by atoms with Crippen molar-refractivity contribution in [2.24, 2.45) is 11.8 Å². The van der Waals surface area contributed by atoms with Gasteiger partial charge in [0.25, 0.3) is 5.56 Å². The molecule has 1 saturated heterocycles. The molecule has 2 atom stereocenters. The van der Waals surface area contributed by atoms with Crippen LogP contribution in [0.2, 0.25) is 0 Å². The third-order valence-corrected chi connectivity index (χ3v) is 6.33. The van der Waals surface area contributed by atoms with Crippen molar-refractivity contribution in [2.45, 2.75) is 53.5 Å². The first-order valence-corrected chi connectivity index (χ1v) is 10.2. The van der Waals surface area contributed by atoms with Crippen molar-refractivity contribution in [2.75, 3.05) is 19.6 Å². The molecule has 0 N–H and O–H groups in total. The quantitative estimate of drug-likeness (QED) is 0.828. The number of rotatable bonds is 3. The van der Waals surface area contributed by atoms with Crippen LogP contribution in [0.3, 0.4) is 0 Å². The lowest BCUT2D eigenvalue weighted by Crippen LogP contribution is -2.48. The van der Waals surface area contributed by atoms with Gasteiger partial charge in [0.15, 0.2) is 0 Å². The molecule has 1 fully saturated rings. The molecule has 0 saturated carbocycles. The summed E-state index contributed by atoms with van der Waals surface area (Å²) in [6.07, 6.45) is 1.21. The highest BCUT2D eigenvalue weighted by Crippen LogP contribution is 2.36. The van der Waals surface area contributed by atoms with Gasteiger partial charge in [-0.1, -0.05) is 13.8 Å². The molecule has 0 aliphatic carbocycles. The fraction of sp³-hybridized carbons (Fsp3) is 0.565. The van der Waals surface area contributed by atoms with Gasteiger partial charge in [-0.05, 0) is 62.3 Å². The third kappa shape index (κ3) is 3.47. The molecule has 144 valence electrons. The highest BCUT2D eigenvalue weighted by Gasteiger charge is 2.35. The lowest BCUT2D eigenvalue weighted by Gasteiger charge is -2.43. The Balaban J connectivity index is 1.74. The van der Waals surface area contributed by atoms with E-state index in [-0.39, 0.29) is 5.56 Å². The van der Waals surface area contributed by atoms with E-state index in [1.54, 1.807) is 6.07 Å². The van der Waals surface area contributed by atoms with Crippen LogP contribution >= 0.6 is 0 Å². The van der Waals surface area contributed by atoms with E-state index in [0.717, 1.165) is 43.1 Å². The van der Waals surface area contributed by atoms with E-state index in [2.05, 4.69) is 44.7 Å². The van der Waals surface area contributed by atoms with Crippen molar-refractivity contribution in [1.82, 2.24) is 14.5 Å². The van der Waals surface area contributed by atoms with Crippen LogP contribution in [0.25, 0.3) is 11.3 Å². The number of piperidine rings is 1. The van der Waals surface area contributed by atoms with Crippen LogP contribution in [0, 0.1) is 32.6 Å². The van der Waals surface area contributed by atoms with E-state index < -0.39 is 0 Å². The van der Waals surface area contributed by atoms with E-state index in [0.29, 0.717) is 17.8 Å². The Kier molecular flexibility index (Phi) is 4.71. The van der Waals surface area contributed by atoms with E-state index >= 15 is 0 Å². The summed E-state index contributed by atoms with van der Waals surface area (Å²) in [6.45, 7) is 15.0. The zero-order valence-electron chi connectivity index (χ0n) is 17.2. The molecule has 2 aliphatic rings. The van der Waals surface area contributed by atoms with E-state index in [1.807, 2.05) is 11.5 Å². The topological polar surface area (TPSA) is 38.1 Å². The Labute approximate surface area is 162 Å². The number of nitrogens with zero attached hydrogens (tertiary/aromatic N) is 3. The molecule has 0 aromatic carbocycles. The summed E-state index contributed by atoms with van der Waals surface area (Å²) in [4.78, 5) is 20.3. The molecule has 0 amide bonds. The fourth-order valence-corrected chi connectivity index (χ4v) is 4.91. The minimum Gasteiger partial charge on any atom is -0.312 e. The summed E-state index contributed by atoms with van der Waals surface area (Å²) in [5.41, 5.74) is 6.74. The number of likely N-dealkylation sites (tertiary alicyclic amines) is 1. The maximum atomic E-state index is 12.9. The maximum absolute atomic E-state index is 12.9. The molecule has 0 radical (unpaired) electrons. The summed E-state index contributed by atoms with van der Waals surface area (Å²) < 4.78 is 2.03. The van der Waals surface area contributed by atoms with Crippen molar-refractivity contribution in [3.63, 3.8) is 0 Å². The number of aromatic nitrogens is 2. The van der Waals surface area contributed by atoms with Gasteiger partial charge in [-0.15, -0.1) is 0 Å². The number of aryl methyl sites for hydroxylation is 2. The van der Waals surface area contributed by atoms with E-state index in [1.165, 1.54) is 23.2 Å². The third-order valence-electron chi connectivity index (χ3n) is 6.33. The number of hydrogen-bond donors (Lipinski definition) is 0. The van der Waals surface area contributed by atoms with Gasteiger partial charge in [-0.2, -0.15) is 0 Å². The lowest BCUT2D eigenvalue weighted by molar-refractivity contribution is 0.109. The maximum Gasteiger partial charge on any atom is 0.251 e. The van der Waals surface area contributed by atoms with Crippen LogP contribution in [0.15, 0.2) is 23.0 Å². The van der Waals surface area contributed by atoms with Gasteiger partial charge >= 0.3 is 0 Å². The Morgan fingerprint density at radius 2 is 1.89 bits per heavy atom. The monoisotopic (exact) mass is 365 g/mol. The highest BCUT2D eigenvalue weighted by molar-refractivity contribution is 5.61. The molecule has 0 unspecified atom stereocenters. The van der Waals surface area contributed by atoms with E-state index in [4.69, 9.17) is 4.98 Å². The predicted molar refractivity (Wildman–Crippen MR) is 110 cm³/mol. The van der Waals surface area contributed by atoms with Gasteiger partial charge in [0.1, 0.15) is 0 Å². The van der Waals surface area contributed by atoms with Crippen LogP contribution in [-0.2, 0) is 6.54 Å². The summed E-state index contributed by atoms with van der Waals surface area (Å²) in [6, 6.07) is 6.14. The van der Waals surface area contributed by atoms with Gasteiger partial charge in [-0.25, -0.2) is 0 Å². The van der Waals surface area contributed by atoms with E-state index in [9.17, 15) is 4.79 Å². The van der Waals surface area contributed by atoms with Crippen molar-refractivity contribution < 1.29 is 0 Å². The second kappa shape index (κ2) is 6.90. The van der Waals surface area contributed by atoms with Gasteiger partial charge in [0.2, 0.25) is 0 Å². The Morgan fingerprint density at radius 3 is 2.59 bits per heavy atom. The SMILES string of the molecule is Cc1cc(-c2cc3n(c(=O)c2)C[C@H]2C[C@@H]3CN(CC(C)C)C2)nc(C)c1C. The summed E-state index contributed by atoms with van der Waals surface area (Å²) in [7, 11) is 0. The molecular formula is C23H31N3O. The normalized spacial score (nSPS) is 22.1. The average Bonchev–Trinajstić information content (AvgIpc) is 2.59. The van der Waals surface area contributed by atoms with Crippen LogP contribution in [0.4, 0.5) is 0 Å². The minimum atomic E-state index is 0.132. The Hall–Kier alpha value is -1.94. The smallest absolute Gasteiger partial charge is 0.251 e. The van der Waals surface area contributed by atoms with Gasteiger partial charge < -0.3 is 9.47 Å². The van der Waals surface area contributed by atoms with Gasteiger partial charge in [0.05, 0.1) is 5.69 Å². The van der Waals surface area contributed by atoms with Crippen molar-refractivity contribution in [3.8, 4) is 11.3 Å². The Morgan fingerprint density at radius 1 is 1.11 bits per heavy atom. The van der Waals surface area contributed by atoms with Gasteiger partial charge in [0, 0.05) is 55.1 Å². The van der Waals surface area contributed by atoms with Crippen LogP contribution in [0.1, 0.15) is 48.7 Å². The summed E-state index contributed by atoms with van der Waals surface area (Å²) >= 11 is 0. The molecule has 0 spiro atoms. The zero-order chi connectivity index (χ0) is 19.3. The molecule has 4 rings (SSSR count). The standard InChI is InChI=1S/C23H31N3O/c1-14(2)10-25-11-18-7-20(13-25)22-8-19(9-23(27)26(22)12-18)21-6-15(3)16(4)17(5)24-21/h6,8-9,14,18,20H,7,10-13H2,1-5H3/t18-,20+/m0/s1. The van der Waals surface area contributed by atoms with Crippen LogP contribution < -0.4 is 5.56 Å². The molecule has 4 heteroatoms. The average molecular weight is 366 g/mol. The molecule has 2 aromatic heterocycles. The minimum absolute atomic E-state index is 0.132. The van der Waals surface area contributed by atoms with Crippen molar-refractivity contribution in [3.05, 3.63) is 51.1 Å². The molecule has 2 aromatic rings. The molecule has 2 bridgehead atoms. The molecule has 27 heavy (non-hydrogen) atoms. The Bertz CT molecular complexity index is 905. The second-order valence-electron chi connectivity index (χ2n) is 9.06. The molecular weight excluding hydrogens is 334 g/mol. The number of fused-ring (bicyclic) bond motifs is 4. The number of pyridine rings is 2. The summed E-state index contributed by atoms with van der Waals surface area (Å²) in [5, 5.41) is 0. The number of hydrogen-bond acceptors (Lipinski definition) is 3. The first kappa shape index (κ1) is 18.4. The zero-order valence-corrected chi connectivity index (χ0v) is 17.2. The second-order valence-corrected chi connectivity index (χ2v) is 9.06. The van der Waals surface area contributed by atoms with Crippen molar-refractivity contribution >= 4 is 0 Å². The first-order chi connectivity index (χ1) is 12.8. The lowest BCUT2D eigenvalue weighted by atomic mass is 9.82. The van der Waals surface area contributed by atoms with Crippen LogP contribution in [-0.4, -0.2) is 34.1 Å². The first-order valence-electron chi connectivity index (χ1n) is 10.2. The fourth-order valence-electron chi connectivity index (χ4n) is 4.91. The molecule has 4 heterocycles. The highest BCUT2D eigenvalue weighted by atomic mass is 16.1. The molecule has 4 nitrogen and oxygen atoms in total. The largest absolute Gasteiger partial charge is 0.312 e.